The van der Waals surface area contributed by atoms with Gasteiger partial charge >= 0.3 is 122 Å². The van der Waals surface area contributed by atoms with E-state index in [2.05, 4.69) is 43.0 Å². The van der Waals surface area contributed by atoms with E-state index in [0.717, 1.165) is 0 Å². The average Bonchev–Trinajstić information content (AvgIpc) is 2.83. The van der Waals surface area contributed by atoms with Crippen LogP contribution in [0, 0.1) is 5.41 Å². The van der Waals surface area contributed by atoms with Crippen LogP contribution < -0.4 is 24.8 Å². The molecule has 0 nitrogen and oxygen atoms in total. The summed E-state index contributed by atoms with van der Waals surface area (Å²) in [5.74, 6) is 0. The van der Waals surface area contributed by atoms with Crippen LogP contribution in [0.2, 0.25) is 9.26 Å². The first-order chi connectivity index (χ1) is 8.37. The summed E-state index contributed by atoms with van der Waals surface area (Å²) in [7, 11) is 0.000865. The van der Waals surface area contributed by atoms with Crippen molar-refractivity contribution in [1.29, 1.82) is 0 Å². The predicted octanol–water partition coefficient (Wildman–Crippen LogP) is -1.94. The van der Waals surface area contributed by atoms with Crippen molar-refractivity contribution in [3.63, 3.8) is 0 Å². The SMILES string of the molecule is CC1=CC(C)=C(C2(C)C3=C(C)C(=[C]2[Zr+2]([CH3])[CH3])[SiH2]3)C1.[Cl-].[Cl-]. The Morgan fingerprint density at radius 2 is 1.75 bits per heavy atom. The fourth-order valence-corrected chi connectivity index (χ4v) is 15.0. The molecule has 1 atom stereocenters. The molecule has 0 fully saturated rings. The molecule has 0 aromatic heterocycles. The third-order valence-electron chi connectivity index (χ3n) is 5.16. The molecule has 20 heavy (non-hydrogen) atoms. The molecule has 0 spiro atoms. The Morgan fingerprint density at radius 3 is 2.15 bits per heavy atom. The van der Waals surface area contributed by atoms with Gasteiger partial charge in [0, 0.05) is 0 Å². The van der Waals surface area contributed by atoms with Crippen LogP contribution in [0.5, 0.6) is 0 Å². The van der Waals surface area contributed by atoms with Crippen molar-refractivity contribution in [2.45, 2.75) is 43.4 Å². The van der Waals surface area contributed by atoms with Gasteiger partial charge in [0.2, 0.25) is 0 Å². The van der Waals surface area contributed by atoms with E-state index in [1.807, 2.05) is 13.7 Å². The van der Waals surface area contributed by atoms with E-state index >= 15 is 0 Å². The third kappa shape index (κ3) is 2.26. The van der Waals surface area contributed by atoms with Gasteiger partial charge in [-0.05, 0) is 0 Å². The van der Waals surface area contributed by atoms with Crippen molar-refractivity contribution in [2.24, 2.45) is 5.41 Å². The molecule has 2 aliphatic heterocycles. The molecule has 2 aliphatic carbocycles. The molecule has 0 aromatic rings. The Balaban J connectivity index is 0.000001000. The van der Waals surface area contributed by atoms with Crippen molar-refractivity contribution in [3.8, 4) is 0 Å². The van der Waals surface area contributed by atoms with Gasteiger partial charge in [0.15, 0.2) is 0 Å². The van der Waals surface area contributed by atoms with E-state index in [4.69, 9.17) is 0 Å². The fraction of sp³-hybridized carbons (Fsp3) is 0.500. The Kier molecular flexibility index (Phi) is 5.63. The number of fused-ring (bicyclic) bond motifs is 1. The Morgan fingerprint density at radius 1 is 1.15 bits per heavy atom. The second kappa shape index (κ2) is 6.03. The van der Waals surface area contributed by atoms with Crippen LogP contribution in [-0.2, 0) is 21.8 Å². The second-order valence-electron chi connectivity index (χ2n) is 6.59. The normalized spacial score (nSPS) is 28.4. The van der Waals surface area contributed by atoms with E-state index in [0.29, 0.717) is 5.41 Å². The molecule has 0 saturated carbocycles. The summed E-state index contributed by atoms with van der Waals surface area (Å²) in [5.41, 5.74) is 7.01. The Hall–Kier alpha value is 0.640. The zero-order valence-electron chi connectivity index (χ0n) is 13.2. The maximum atomic E-state index is 2.58. The van der Waals surface area contributed by atoms with Gasteiger partial charge in [-0.1, -0.05) is 0 Å². The standard InChI is InChI=1S/C14H17Si.2CH3.2ClH.Zr/c1-8-5-9(2)11(6-8)14(4)7-12-10(3)13(14)15-12;;;;;/h5H,6,15H2,1-4H3;2*1H3;2*1H;/q;;;;;+2/p-2. The van der Waals surface area contributed by atoms with Crippen molar-refractivity contribution >= 4 is 9.52 Å². The number of halogens is 2. The molecule has 4 aliphatic rings. The van der Waals surface area contributed by atoms with Gasteiger partial charge in [-0.3, -0.25) is 0 Å². The van der Waals surface area contributed by atoms with Crippen molar-refractivity contribution in [3.05, 3.63) is 42.0 Å². The minimum absolute atomic E-state index is 0. The summed E-state index contributed by atoms with van der Waals surface area (Å²) in [6, 6.07) is 0. The van der Waals surface area contributed by atoms with Gasteiger partial charge in [-0.15, -0.1) is 0 Å². The second-order valence-corrected chi connectivity index (χ2v) is 14.5. The Labute approximate surface area is 146 Å². The number of rotatable bonds is 2. The topological polar surface area (TPSA) is 0 Å². The maximum Gasteiger partial charge on any atom is -1.00 e. The average molecular weight is 406 g/mol. The van der Waals surface area contributed by atoms with Crippen molar-refractivity contribution in [2.75, 3.05) is 0 Å². The van der Waals surface area contributed by atoms with Gasteiger partial charge in [0.05, 0.1) is 0 Å². The fourth-order valence-electron chi connectivity index (χ4n) is 4.43. The molecule has 0 amide bonds. The van der Waals surface area contributed by atoms with Crippen LogP contribution in [0.1, 0.15) is 34.1 Å². The van der Waals surface area contributed by atoms with Crippen LogP contribution in [0.4, 0.5) is 0 Å². The molecule has 2 bridgehead atoms. The van der Waals surface area contributed by atoms with Crippen LogP contribution in [-0.4, -0.2) is 9.52 Å². The molecule has 0 saturated heterocycles. The number of hydrogen-bond acceptors (Lipinski definition) is 0. The smallest absolute Gasteiger partial charge is 1.00 e. The van der Waals surface area contributed by atoms with E-state index in [9.17, 15) is 0 Å². The van der Waals surface area contributed by atoms with E-state index in [1.54, 1.807) is 22.3 Å². The largest absolute Gasteiger partial charge is 1.00 e. The van der Waals surface area contributed by atoms with E-state index in [1.165, 1.54) is 6.42 Å². The minimum atomic E-state index is -1.27. The molecule has 4 rings (SSSR count). The molecule has 109 valence electrons. The molecule has 0 radical (unpaired) electrons. The maximum absolute atomic E-state index is 2.58. The zero-order chi connectivity index (χ0) is 13.2. The Bertz CT molecular complexity index is 581. The van der Waals surface area contributed by atoms with Crippen LogP contribution in [0.15, 0.2) is 42.0 Å². The number of allylic oxidation sites excluding steroid dienone is 8. The summed E-state index contributed by atoms with van der Waals surface area (Å²) >= 11 is -1.27. The molecule has 1 unspecified atom stereocenters. The summed E-state index contributed by atoms with van der Waals surface area (Å²) in [5, 5.41) is 3.79. The molecule has 0 aromatic carbocycles. The summed E-state index contributed by atoms with van der Waals surface area (Å²) in [6.45, 7) is 9.58. The molecular weight excluding hydrogens is 382 g/mol. The first-order valence-corrected chi connectivity index (χ1v) is 14.6. The van der Waals surface area contributed by atoms with Gasteiger partial charge < -0.3 is 24.8 Å². The molecular formula is C16H23Cl2SiZr. The third-order valence-corrected chi connectivity index (χ3v) is 13.3. The molecule has 4 heteroatoms. The van der Waals surface area contributed by atoms with Gasteiger partial charge in [0.1, 0.15) is 0 Å². The molecule has 0 N–H and O–H groups in total. The van der Waals surface area contributed by atoms with Gasteiger partial charge in [-0.25, -0.2) is 0 Å². The molecule has 2 heterocycles. The van der Waals surface area contributed by atoms with Crippen LogP contribution >= 0.6 is 0 Å². The van der Waals surface area contributed by atoms with Crippen molar-refractivity contribution < 1.29 is 46.6 Å². The summed E-state index contributed by atoms with van der Waals surface area (Å²) in [6.07, 6.45) is 3.66. The van der Waals surface area contributed by atoms with Crippen molar-refractivity contribution in [1.82, 2.24) is 0 Å². The summed E-state index contributed by atoms with van der Waals surface area (Å²) < 4.78 is 7.13. The minimum Gasteiger partial charge on any atom is -1.00 e. The van der Waals surface area contributed by atoms with E-state index in [-0.39, 0.29) is 34.3 Å². The van der Waals surface area contributed by atoms with Crippen LogP contribution in [0.25, 0.3) is 0 Å². The van der Waals surface area contributed by atoms with Gasteiger partial charge in [0.25, 0.3) is 0 Å². The first-order valence-electron chi connectivity index (χ1n) is 6.99. The zero-order valence-corrected chi connectivity index (χ0v) is 18.6. The monoisotopic (exact) mass is 403 g/mol. The summed E-state index contributed by atoms with van der Waals surface area (Å²) in [4.78, 5) is 0. The predicted molar refractivity (Wildman–Crippen MR) is 79.2 cm³/mol. The van der Waals surface area contributed by atoms with E-state index < -0.39 is 21.8 Å². The van der Waals surface area contributed by atoms with Gasteiger partial charge in [-0.2, -0.15) is 0 Å². The number of hydrogen-bond donors (Lipinski definition) is 0. The van der Waals surface area contributed by atoms with Crippen LogP contribution in [0.3, 0.4) is 0 Å². The quantitative estimate of drug-likeness (QED) is 0.469. The first kappa shape index (κ1) is 18.7.